The minimum absolute atomic E-state index is 0.186. The Balaban J connectivity index is 1.46. The highest BCUT2D eigenvalue weighted by Crippen LogP contribution is 2.24. The highest BCUT2D eigenvalue weighted by atomic mass is 19.1. The highest BCUT2D eigenvalue weighted by molar-refractivity contribution is 5.58. The molecular formula is C19H17F3N6. The van der Waals surface area contributed by atoms with E-state index >= 15 is 0 Å². The fourth-order valence-electron chi connectivity index (χ4n) is 3.09. The maximum atomic E-state index is 14.0. The molecule has 144 valence electrons. The second-order valence-electron chi connectivity index (χ2n) is 6.29. The molecular weight excluding hydrogens is 369 g/mol. The third kappa shape index (κ3) is 3.68. The van der Waals surface area contributed by atoms with Gasteiger partial charge in [0.05, 0.1) is 11.9 Å². The molecule has 0 bridgehead atoms. The first-order valence-electron chi connectivity index (χ1n) is 8.77. The molecule has 0 saturated carbocycles. The number of aromatic nitrogens is 3. The summed E-state index contributed by atoms with van der Waals surface area (Å²) in [6, 6.07) is 10.2. The van der Waals surface area contributed by atoms with Crippen LogP contribution in [0.25, 0.3) is 0 Å². The Bertz CT molecular complexity index is 955. The van der Waals surface area contributed by atoms with Crippen molar-refractivity contribution in [1.29, 1.82) is 0 Å². The van der Waals surface area contributed by atoms with Crippen LogP contribution in [0.4, 0.5) is 36.3 Å². The van der Waals surface area contributed by atoms with Crippen molar-refractivity contribution < 1.29 is 13.2 Å². The van der Waals surface area contributed by atoms with E-state index in [0.29, 0.717) is 37.8 Å². The Morgan fingerprint density at radius 2 is 1.43 bits per heavy atom. The van der Waals surface area contributed by atoms with Crippen molar-refractivity contribution in [3.05, 3.63) is 66.1 Å². The van der Waals surface area contributed by atoms with Gasteiger partial charge < -0.3 is 15.1 Å². The van der Waals surface area contributed by atoms with Crippen LogP contribution in [0.15, 0.2) is 48.7 Å². The molecule has 2 aromatic carbocycles. The van der Waals surface area contributed by atoms with Crippen LogP contribution >= 0.6 is 0 Å². The van der Waals surface area contributed by atoms with Gasteiger partial charge in [-0.2, -0.15) is 10.1 Å². The van der Waals surface area contributed by atoms with Crippen molar-refractivity contribution in [3.8, 4) is 0 Å². The maximum absolute atomic E-state index is 14.0. The van der Waals surface area contributed by atoms with E-state index in [9.17, 15) is 13.2 Å². The number of halogens is 3. The second-order valence-corrected chi connectivity index (χ2v) is 6.29. The van der Waals surface area contributed by atoms with Gasteiger partial charge in [-0.1, -0.05) is 18.2 Å². The third-order valence-corrected chi connectivity index (χ3v) is 4.52. The lowest BCUT2D eigenvalue weighted by atomic mass is 10.2. The van der Waals surface area contributed by atoms with Crippen LogP contribution in [0.1, 0.15) is 0 Å². The number of anilines is 4. The Kier molecular flexibility index (Phi) is 4.96. The van der Waals surface area contributed by atoms with Crippen LogP contribution in [0.3, 0.4) is 0 Å². The summed E-state index contributed by atoms with van der Waals surface area (Å²) in [5.74, 6) is -1.18. The van der Waals surface area contributed by atoms with Gasteiger partial charge in [0.1, 0.15) is 23.1 Å². The number of para-hydroxylation sites is 2. The van der Waals surface area contributed by atoms with Crippen molar-refractivity contribution >= 4 is 23.1 Å². The molecule has 9 heteroatoms. The van der Waals surface area contributed by atoms with Gasteiger partial charge in [0.2, 0.25) is 5.95 Å². The average Bonchev–Trinajstić information content (AvgIpc) is 2.72. The summed E-state index contributed by atoms with van der Waals surface area (Å²) in [5, 5.41) is 10.5. The molecule has 0 unspecified atom stereocenters. The first-order chi connectivity index (χ1) is 13.6. The highest BCUT2D eigenvalue weighted by Gasteiger charge is 2.21. The number of hydrogen-bond donors (Lipinski definition) is 1. The standard InChI is InChI=1S/C19H17F3N6/c20-13-4-1-2-7-16(13)27-8-10-28(11-9-27)19-25-17(12-23-26-19)24-18-14(21)5-3-6-15(18)22/h1-7,12H,8-11H2,(H,24,25,26). The van der Waals surface area contributed by atoms with E-state index in [2.05, 4.69) is 20.5 Å². The molecule has 0 atom stereocenters. The predicted molar refractivity (Wildman–Crippen MR) is 100 cm³/mol. The van der Waals surface area contributed by atoms with E-state index in [4.69, 9.17) is 0 Å². The van der Waals surface area contributed by atoms with Gasteiger partial charge in [0.25, 0.3) is 0 Å². The maximum Gasteiger partial charge on any atom is 0.247 e. The lowest BCUT2D eigenvalue weighted by molar-refractivity contribution is 0.589. The van der Waals surface area contributed by atoms with Crippen LogP contribution in [0.5, 0.6) is 0 Å². The van der Waals surface area contributed by atoms with Gasteiger partial charge in [-0.15, -0.1) is 5.10 Å². The number of benzene rings is 2. The van der Waals surface area contributed by atoms with Crippen molar-refractivity contribution in [3.63, 3.8) is 0 Å². The van der Waals surface area contributed by atoms with Gasteiger partial charge in [0, 0.05) is 26.2 Å². The zero-order valence-electron chi connectivity index (χ0n) is 14.8. The summed E-state index contributed by atoms with van der Waals surface area (Å²) in [7, 11) is 0. The molecule has 0 spiro atoms. The van der Waals surface area contributed by atoms with Gasteiger partial charge in [0.15, 0.2) is 5.82 Å². The van der Waals surface area contributed by atoms with Crippen molar-refractivity contribution in [1.82, 2.24) is 15.2 Å². The molecule has 1 N–H and O–H groups in total. The van der Waals surface area contributed by atoms with Crippen LogP contribution in [0.2, 0.25) is 0 Å². The molecule has 1 saturated heterocycles. The molecule has 1 aliphatic rings. The summed E-state index contributed by atoms with van der Waals surface area (Å²) < 4.78 is 41.6. The zero-order valence-corrected chi connectivity index (χ0v) is 14.8. The summed E-state index contributed by atoms with van der Waals surface area (Å²) in [4.78, 5) is 8.16. The number of piperazine rings is 1. The van der Waals surface area contributed by atoms with Gasteiger partial charge in [-0.25, -0.2) is 13.2 Å². The Hall–Kier alpha value is -3.36. The van der Waals surface area contributed by atoms with E-state index < -0.39 is 11.6 Å². The zero-order chi connectivity index (χ0) is 19.5. The molecule has 1 aliphatic heterocycles. The fraction of sp³-hybridized carbons (Fsp3) is 0.211. The van der Waals surface area contributed by atoms with Crippen LogP contribution < -0.4 is 15.1 Å². The number of nitrogens with one attached hydrogen (secondary N) is 1. The predicted octanol–water partition coefficient (Wildman–Crippen LogP) is 3.36. The monoisotopic (exact) mass is 386 g/mol. The first kappa shape index (κ1) is 18.0. The summed E-state index contributed by atoms with van der Waals surface area (Å²) in [5.41, 5.74) is 0.268. The van der Waals surface area contributed by atoms with E-state index in [1.165, 1.54) is 18.3 Å². The normalized spacial score (nSPS) is 14.2. The topological polar surface area (TPSA) is 57.2 Å². The smallest absolute Gasteiger partial charge is 0.247 e. The Labute approximate surface area is 159 Å². The molecule has 3 aromatic rings. The molecule has 1 fully saturated rings. The van der Waals surface area contributed by atoms with Crippen LogP contribution in [-0.4, -0.2) is 41.4 Å². The molecule has 2 heterocycles. The largest absolute Gasteiger partial charge is 0.366 e. The van der Waals surface area contributed by atoms with E-state index in [1.54, 1.807) is 18.2 Å². The average molecular weight is 386 g/mol. The Morgan fingerprint density at radius 3 is 2.14 bits per heavy atom. The number of hydrogen-bond acceptors (Lipinski definition) is 6. The van der Waals surface area contributed by atoms with Crippen molar-refractivity contribution in [2.75, 3.05) is 41.3 Å². The SMILES string of the molecule is Fc1ccccc1N1CCN(c2nncc(Nc3c(F)cccc3F)n2)CC1. The third-order valence-electron chi connectivity index (χ3n) is 4.52. The molecule has 0 amide bonds. The minimum atomic E-state index is -0.723. The molecule has 4 rings (SSSR count). The second kappa shape index (κ2) is 7.71. The van der Waals surface area contributed by atoms with Crippen LogP contribution in [0, 0.1) is 17.5 Å². The number of nitrogens with zero attached hydrogens (tertiary/aromatic N) is 5. The van der Waals surface area contributed by atoms with Crippen LogP contribution in [-0.2, 0) is 0 Å². The fourth-order valence-corrected chi connectivity index (χ4v) is 3.09. The van der Waals surface area contributed by atoms with Gasteiger partial charge >= 0.3 is 0 Å². The van der Waals surface area contributed by atoms with E-state index in [0.717, 1.165) is 12.1 Å². The van der Waals surface area contributed by atoms with Gasteiger partial charge in [-0.05, 0) is 24.3 Å². The first-order valence-corrected chi connectivity index (χ1v) is 8.77. The Morgan fingerprint density at radius 1 is 0.786 bits per heavy atom. The van der Waals surface area contributed by atoms with Crippen molar-refractivity contribution in [2.45, 2.75) is 0 Å². The molecule has 0 aliphatic carbocycles. The quantitative estimate of drug-likeness (QED) is 0.742. The van der Waals surface area contributed by atoms with E-state index in [-0.39, 0.29) is 17.3 Å². The lowest BCUT2D eigenvalue weighted by Gasteiger charge is -2.36. The molecule has 0 radical (unpaired) electrons. The lowest BCUT2D eigenvalue weighted by Crippen LogP contribution is -2.47. The van der Waals surface area contributed by atoms with Gasteiger partial charge in [-0.3, -0.25) is 0 Å². The summed E-state index contributed by atoms with van der Waals surface area (Å²) >= 11 is 0. The van der Waals surface area contributed by atoms with E-state index in [1.807, 2.05) is 9.80 Å². The molecule has 1 aromatic heterocycles. The summed E-state index contributed by atoms with van der Waals surface area (Å²) in [6.07, 6.45) is 1.30. The molecule has 28 heavy (non-hydrogen) atoms. The minimum Gasteiger partial charge on any atom is -0.366 e. The summed E-state index contributed by atoms with van der Waals surface area (Å²) in [6.45, 7) is 2.30. The number of rotatable bonds is 4. The van der Waals surface area contributed by atoms with Crippen molar-refractivity contribution in [2.24, 2.45) is 0 Å². The molecule has 6 nitrogen and oxygen atoms in total.